The van der Waals surface area contributed by atoms with E-state index in [0.29, 0.717) is 18.1 Å². The predicted octanol–water partition coefficient (Wildman–Crippen LogP) is 1.59. The van der Waals surface area contributed by atoms with Crippen LogP contribution in [-0.2, 0) is 4.79 Å². The molecule has 1 unspecified atom stereocenters. The van der Waals surface area contributed by atoms with Gasteiger partial charge in [0, 0.05) is 25.3 Å². The van der Waals surface area contributed by atoms with E-state index in [1.54, 1.807) is 0 Å². The molecule has 1 atom stereocenters. The zero-order valence-corrected chi connectivity index (χ0v) is 8.83. The van der Waals surface area contributed by atoms with Gasteiger partial charge in [-0.1, -0.05) is 0 Å². The Hall–Kier alpha value is -0.880. The first-order chi connectivity index (χ1) is 6.74. The van der Waals surface area contributed by atoms with E-state index in [-0.39, 0.29) is 0 Å². The van der Waals surface area contributed by atoms with E-state index in [9.17, 15) is 4.79 Å². The standard InChI is InChI=1S/C11H18N2O/c1-13(8-3-7-12)9-6-10-4-2-5-11(10)14/h10H,2-6,8-9H2,1H3. The monoisotopic (exact) mass is 194 g/mol. The molecule has 0 aromatic heterocycles. The van der Waals surface area contributed by atoms with Crippen molar-refractivity contribution in [2.24, 2.45) is 5.92 Å². The number of Topliss-reactive ketones (excluding diaryl/α,β-unsaturated/α-hetero) is 1. The minimum atomic E-state index is 0.305. The topological polar surface area (TPSA) is 44.1 Å². The molecule has 0 spiro atoms. The maximum absolute atomic E-state index is 11.3. The first-order valence-electron chi connectivity index (χ1n) is 5.32. The van der Waals surface area contributed by atoms with E-state index in [0.717, 1.165) is 38.8 Å². The van der Waals surface area contributed by atoms with Gasteiger partial charge in [0.2, 0.25) is 0 Å². The number of rotatable bonds is 5. The highest BCUT2D eigenvalue weighted by atomic mass is 16.1. The van der Waals surface area contributed by atoms with Gasteiger partial charge in [-0.3, -0.25) is 4.79 Å². The lowest BCUT2D eigenvalue weighted by Crippen LogP contribution is -2.23. The summed E-state index contributed by atoms with van der Waals surface area (Å²) in [5.74, 6) is 0.748. The van der Waals surface area contributed by atoms with E-state index in [1.807, 2.05) is 7.05 Å². The summed E-state index contributed by atoms with van der Waals surface area (Å²) in [5, 5.41) is 8.41. The first kappa shape index (κ1) is 11.2. The molecule has 0 aliphatic heterocycles. The van der Waals surface area contributed by atoms with E-state index in [4.69, 9.17) is 5.26 Å². The summed E-state index contributed by atoms with van der Waals surface area (Å²) in [5.41, 5.74) is 0. The molecule has 0 radical (unpaired) electrons. The molecule has 78 valence electrons. The van der Waals surface area contributed by atoms with E-state index in [2.05, 4.69) is 11.0 Å². The maximum atomic E-state index is 11.3. The van der Waals surface area contributed by atoms with Gasteiger partial charge in [0.25, 0.3) is 0 Å². The smallest absolute Gasteiger partial charge is 0.136 e. The van der Waals surface area contributed by atoms with Crippen LogP contribution in [0.2, 0.25) is 0 Å². The van der Waals surface area contributed by atoms with E-state index in [1.165, 1.54) is 0 Å². The summed E-state index contributed by atoms with van der Waals surface area (Å²) in [6.45, 7) is 1.76. The van der Waals surface area contributed by atoms with Crippen molar-refractivity contribution in [3.63, 3.8) is 0 Å². The molecule has 0 heterocycles. The summed E-state index contributed by atoms with van der Waals surface area (Å²) < 4.78 is 0. The van der Waals surface area contributed by atoms with Crippen LogP contribution < -0.4 is 0 Å². The number of nitrogens with zero attached hydrogens (tertiary/aromatic N) is 2. The summed E-state index contributed by atoms with van der Waals surface area (Å²) in [6.07, 6.45) is 4.48. The van der Waals surface area contributed by atoms with Gasteiger partial charge < -0.3 is 4.90 Å². The van der Waals surface area contributed by atoms with Crippen molar-refractivity contribution in [3.8, 4) is 6.07 Å². The van der Waals surface area contributed by atoms with Crippen LogP contribution in [0.15, 0.2) is 0 Å². The number of ketones is 1. The molecule has 3 heteroatoms. The normalized spacial score (nSPS) is 21.5. The predicted molar refractivity (Wildman–Crippen MR) is 54.7 cm³/mol. The van der Waals surface area contributed by atoms with Crippen molar-refractivity contribution < 1.29 is 4.79 Å². The van der Waals surface area contributed by atoms with Gasteiger partial charge in [-0.25, -0.2) is 0 Å². The Balaban J connectivity index is 2.13. The molecule has 1 saturated carbocycles. The fraction of sp³-hybridized carbons (Fsp3) is 0.818. The average molecular weight is 194 g/mol. The molecule has 0 saturated heterocycles. The summed E-state index contributed by atoms with van der Waals surface area (Å²) >= 11 is 0. The molecule has 3 nitrogen and oxygen atoms in total. The lowest BCUT2D eigenvalue weighted by atomic mass is 10.0. The van der Waals surface area contributed by atoms with Crippen LogP contribution in [0.4, 0.5) is 0 Å². The fourth-order valence-corrected chi connectivity index (χ4v) is 1.92. The van der Waals surface area contributed by atoms with Gasteiger partial charge in [0.05, 0.1) is 6.07 Å². The van der Waals surface area contributed by atoms with E-state index < -0.39 is 0 Å². The molecule has 0 aromatic rings. The largest absolute Gasteiger partial charge is 0.305 e. The Morgan fingerprint density at radius 2 is 2.36 bits per heavy atom. The van der Waals surface area contributed by atoms with E-state index >= 15 is 0 Å². The van der Waals surface area contributed by atoms with Crippen LogP contribution in [0.3, 0.4) is 0 Å². The van der Waals surface area contributed by atoms with Crippen molar-refractivity contribution >= 4 is 5.78 Å². The van der Waals surface area contributed by atoms with Gasteiger partial charge in [0.15, 0.2) is 0 Å². The van der Waals surface area contributed by atoms with Gasteiger partial charge in [-0.15, -0.1) is 0 Å². The molecule has 0 amide bonds. The van der Waals surface area contributed by atoms with Crippen LogP contribution in [0, 0.1) is 17.2 Å². The second-order valence-corrected chi connectivity index (χ2v) is 4.06. The molecule has 1 rings (SSSR count). The lowest BCUT2D eigenvalue weighted by molar-refractivity contribution is -0.120. The Kier molecular flexibility index (Phi) is 4.61. The quantitative estimate of drug-likeness (QED) is 0.667. The lowest BCUT2D eigenvalue weighted by Gasteiger charge is -2.16. The van der Waals surface area contributed by atoms with Crippen molar-refractivity contribution in [3.05, 3.63) is 0 Å². The first-order valence-corrected chi connectivity index (χ1v) is 5.32. The Morgan fingerprint density at radius 1 is 1.57 bits per heavy atom. The second kappa shape index (κ2) is 5.77. The van der Waals surface area contributed by atoms with Gasteiger partial charge in [-0.2, -0.15) is 5.26 Å². The molecule has 14 heavy (non-hydrogen) atoms. The van der Waals surface area contributed by atoms with Crippen LogP contribution in [0.25, 0.3) is 0 Å². The highest BCUT2D eigenvalue weighted by molar-refractivity contribution is 5.82. The minimum Gasteiger partial charge on any atom is -0.305 e. The van der Waals surface area contributed by atoms with Crippen LogP contribution in [-0.4, -0.2) is 30.8 Å². The van der Waals surface area contributed by atoms with Gasteiger partial charge >= 0.3 is 0 Å². The Bertz CT molecular complexity index is 232. The summed E-state index contributed by atoms with van der Waals surface area (Å²) in [6, 6.07) is 2.13. The minimum absolute atomic E-state index is 0.305. The zero-order valence-electron chi connectivity index (χ0n) is 8.83. The van der Waals surface area contributed by atoms with Crippen molar-refractivity contribution in [2.45, 2.75) is 32.1 Å². The Labute approximate surface area is 85.7 Å². The van der Waals surface area contributed by atoms with Crippen molar-refractivity contribution in [1.29, 1.82) is 5.26 Å². The molecule has 1 aliphatic carbocycles. The second-order valence-electron chi connectivity index (χ2n) is 4.06. The van der Waals surface area contributed by atoms with Crippen molar-refractivity contribution in [1.82, 2.24) is 4.90 Å². The van der Waals surface area contributed by atoms with Crippen molar-refractivity contribution in [2.75, 3.05) is 20.1 Å². The third kappa shape index (κ3) is 3.47. The van der Waals surface area contributed by atoms with Crippen LogP contribution >= 0.6 is 0 Å². The summed E-state index contributed by atoms with van der Waals surface area (Å²) in [4.78, 5) is 13.5. The molecule has 0 bridgehead atoms. The molecule has 1 fully saturated rings. The Morgan fingerprint density at radius 3 is 2.93 bits per heavy atom. The molecule has 1 aliphatic rings. The summed E-state index contributed by atoms with van der Waals surface area (Å²) in [7, 11) is 2.01. The molecule has 0 N–H and O–H groups in total. The highest BCUT2D eigenvalue weighted by Gasteiger charge is 2.23. The van der Waals surface area contributed by atoms with Gasteiger partial charge in [0.1, 0.15) is 5.78 Å². The molecular weight excluding hydrogens is 176 g/mol. The number of carbonyl (C=O) groups is 1. The molecule has 0 aromatic carbocycles. The van der Waals surface area contributed by atoms with Crippen LogP contribution in [0.5, 0.6) is 0 Å². The fourth-order valence-electron chi connectivity index (χ4n) is 1.92. The number of hydrogen-bond donors (Lipinski definition) is 0. The SMILES string of the molecule is CN(CCC#N)CCC1CCCC1=O. The zero-order chi connectivity index (χ0) is 10.4. The van der Waals surface area contributed by atoms with Gasteiger partial charge in [-0.05, 0) is 32.9 Å². The average Bonchev–Trinajstić information content (AvgIpc) is 2.58. The third-order valence-corrected chi connectivity index (χ3v) is 2.90. The van der Waals surface area contributed by atoms with Crippen LogP contribution in [0.1, 0.15) is 32.1 Å². The third-order valence-electron chi connectivity index (χ3n) is 2.90. The maximum Gasteiger partial charge on any atom is 0.136 e. The number of nitriles is 1. The highest BCUT2D eigenvalue weighted by Crippen LogP contribution is 2.24. The number of carbonyl (C=O) groups excluding carboxylic acids is 1. The number of hydrogen-bond acceptors (Lipinski definition) is 3. The molecular formula is C11H18N2O.